The lowest BCUT2D eigenvalue weighted by molar-refractivity contribution is -0.388. The Kier molecular flexibility index (Phi) is 7.28. The van der Waals surface area contributed by atoms with E-state index in [1.807, 2.05) is 0 Å². The molecule has 0 saturated heterocycles. The molecule has 0 radical (unpaired) electrons. The van der Waals surface area contributed by atoms with Crippen LogP contribution >= 0.6 is 38.5 Å². The van der Waals surface area contributed by atoms with Crippen molar-refractivity contribution in [3.05, 3.63) is 44.0 Å². The largest absolute Gasteiger partial charge is 0.460 e. The summed E-state index contributed by atoms with van der Waals surface area (Å²) in [6.07, 6.45) is -7.70. The highest BCUT2D eigenvalue weighted by molar-refractivity contribution is 14.1. The van der Waals surface area contributed by atoms with Gasteiger partial charge in [0.05, 0.1) is 5.56 Å². The Balaban J connectivity index is 2.93. The highest BCUT2D eigenvalue weighted by Gasteiger charge is 2.81. The van der Waals surface area contributed by atoms with Gasteiger partial charge in [0.1, 0.15) is 6.61 Å². The maximum Gasteiger partial charge on any atom is 0.460 e. The highest BCUT2D eigenvalue weighted by atomic mass is 127. The van der Waals surface area contributed by atoms with E-state index in [1.165, 1.54) is 24.3 Å². The molecule has 1 rings (SSSR count). The number of halogens is 11. The van der Waals surface area contributed by atoms with Gasteiger partial charge in [0.25, 0.3) is 0 Å². The zero-order valence-corrected chi connectivity index (χ0v) is 16.3. The number of rotatable bonds is 6. The lowest BCUT2D eigenvalue weighted by Crippen LogP contribution is -2.60. The topological polar surface area (TPSA) is 26.3 Å². The third-order valence-electron chi connectivity index (χ3n) is 2.93. The number of esters is 1. The van der Waals surface area contributed by atoms with E-state index >= 15 is 0 Å². The molecule has 0 aromatic heterocycles. The van der Waals surface area contributed by atoms with E-state index in [0.717, 1.165) is 22.6 Å². The minimum Gasteiger partial charge on any atom is -0.457 e. The molecular formula is C14H7BrF9IO2. The van der Waals surface area contributed by atoms with Crippen molar-refractivity contribution in [2.75, 3.05) is 6.61 Å². The van der Waals surface area contributed by atoms with Gasteiger partial charge >= 0.3 is 29.9 Å². The van der Waals surface area contributed by atoms with Gasteiger partial charge in [-0.3, -0.25) is 0 Å². The molecule has 1 aromatic rings. The number of hydrogen-bond donors (Lipinski definition) is 0. The van der Waals surface area contributed by atoms with E-state index in [9.17, 15) is 44.3 Å². The first-order chi connectivity index (χ1) is 12.0. The molecule has 152 valence electrons. The zero-order valence-electron chi connectivity index (χ0n) is 12.6. The second-order valence-electron chi connectivity index (χ2n) is 4.94. The molecule has 0 amide bonds. The number of ether oxygens (including phenoxy) is 1. The van der Waals surface area contributed by atoms with Crippen LogP contribution in [-0.2, 0) is 4.74 Å². The fraction of sp³-hybridized carbons (Fsp3) is 0.357. The Morgan fingerprint density at radius 1 is 0.963 bits per heavy atom. The Morgan fingerprint density at radius 2 is 1.44 bits per heavy atom. The molecule has 0 N–H and O–H groups in total. The summed E-state index contributed by atoms with van der Waals surface area (Å²) in [7, 11) is 0. The first-order valence-electron chi connectivity index (χ1n) is 6.53. The van der Waals surface area contributed by atoms with E-state index in [4.69, 9.17) is 0 Å². The maximum absolute atomic E-state index is 13.4. The first kappa shape index (κ1) is 24.0. The first-order valence-corrected chi connectivity index (χ1v) is 8.40. The Bertz CT molecular complexity index is 714. The Morgan fingerprint density at radius 3 is 1.89 bits per heavy atom. The van der Waals surface area contributed by atoms with Crippen LogP contribution in [0.3, 0.4) is 0 Å². The zero-order chi connectivity index (χ0) is 21.3. The molecule has 0 spiro atoms. The van der Waals surface area contributed by atoms with Gasteiger partial charge < -0.3 is 4.74 Å². The summed E-state index contributed by atoms with van der Waals surface area (Å²) < 4.78 is 119. The number of benzene rings is 1. The van der Waals surface area contributed by atoms with Crippen LogP contribution in [0.1, 0.15) is 10.4 Å². The van der Waals surface area contributed by atoms with Crippen molar-refractivity contribution in [2.24, 2.45) is 0 Å². The molecule has 0 aliphatic heterocycles. The van der Waals surface area contributed by atoms with Gasteiger partial charge in [0.15, 0.2) is 0 Å². The van der Waals surface area contributed by atoms with Crippen LogP contribution in [-0.4, -0.2) is 36.5 Å². The summed E-state index contributed by atoms with van der Waals surface area (Å²) in [6.45, 7) is -1.04. The minimum absolute atomic E-state index is 0.0388. The van der Waals surface area contributed by atoms with Crippen molar-refractivity contribution >= 4 is 44.5 Å². The predicted octanol–water partition coefficient (Wildman–Crippen LogP) is 6.39. The van der Waals surface area contributed by atoms with Crippen molar-refractivity contribution < 1.29 is 49.0 Å². The summed E-state index contributed by atoms with van der Waals surface area (Å²) in [4.78, 5) is 11.6. The lowest BCUT2D eigenvalue weighted by atomic mass is 10.0. The van der Waals surface area contributed by atoms with E-state index < -0.39 is 46.2 Å². The van der Waals surface area contributed by atoms with Crippen molar-refractivity contribution in [3.8, 4) is 0 Å². The van der Waals surface area contributed by atoms with Crippen LogP contribution in [0.2, 0.25) is 0 Å². The minimum atomic E-state index is -6.98. The van der Waals surface area contributed by atoms with Crippen LogP contribution < -0.4 is 0 Å². The van der Waals surface area contributed by atoms with Crippen LogP contribution in [0, 0.1) is 0 Å². The van der Waals surface area contributed by atoms with Crippen LogP contribution in [0.5, 0.6) is 0 Å². The van der Waals surface area contributed by atoms with Gasteiger partial charge in [0, 0.05) is 14.1 Å². The Labute approximate surface area is 168 Å². The third kappa shape index (κ3) is 5.29. The summed E-state index contributed by atoms with van der Waals surface area (Å²) in [5.74, 6) is -20.7. The molecule has 0 saturated carbocycles. The molecule has 0 atom stereocenters. The number of alkyl halides is 9. The standard InChI is InChI=1S/C14H7BrF9IO2/c15-8-3-1-7(2-4-8)10(26)27-6-9(25)5-11(16,17)12(18,19)13(20,21)14(22,23)24/h1-5H,6H2. The quantitative estimate of drug-likeness (QED) is 0.220. The Hall–Kier alpha value is -0.990. The van der Waals surface area contributed by atoms with Crippen molar-refractivity contribution in [1.82, 2.24) is 0 Å². The third-order valence-corrected chi connectivity index (χ3v) is 4.08. The summed E-state index contributed by atoms with van der Waals surface area (Å²) in [6, 6.07) is 5.42. The molecule has 0 heterocycles. The summed E-state index contributed by atoms with van der Waals surface area (Å²) in [5, 5.41) is 0. The summed E-state index contributed by atoms with van der Waals surface area (Å²) >= 11 is 4.03. The van der Waals surface area contributed by atoms with Crippen LogP contribution in [0.25, 0.3) is 0 Å². The van der Waals surface area contributed by atoms with Crippen molar-refractivity contribution in [1.29, 1.82) is 0 Å². The number of carbonyl (C=O) groups excluding carboxylic acids is 1. The van der Waals surface area contributed by atoms with Gasteiger partial charge in [-0.25, -0.2) is 4.79 Å². The van der Waals surface area contributed by atoms with Gasteiger partial charge in [-0.2, -0.15) is 39.5 Å². The number of carbonyl (C=O) groups is 1. The van der Waals surface area contributed by atoms with Crippen LogP contribution in [0.4, 0.5) is 39.5 Å². The fourth-order valence-electron chi connectivity index (χ4n) is 1.52. The smallest absolute Gasteiger partial charge is 0.457 e. The second-order valence-corrected chi connectivity index (χ2v) is 7.25. The van der Waals surface area contributed by atoms with Gasteiger partial charge in [-0.05, 0) is 46.9 Å². The molecule has 27 heavy (non-hydrogen) atoms. The number of allylic oxidation sites excluding steroid dienone is 1. The normalized spacial score (nSPS) is 14.3. The SMILES string of the molecule is O=C(OCC(I)=CC(F)(F)C(F)(F)C(F)(F)C(F)(F)F)c1ccc(Br)cc1. The van der Waals surface area contributed by atoms with E-state index in [1.54, 1.807) is 0 Å². The van der Waals surface area contributed by atoms with Gasteiger partial charge in [0.2, 0.25) is 0 Å². The molecule has 0 aliphatic rings. The molecule has 0 bridgehead atoms. The van der Waals surface area contributed by atoms with Gasteiger partial charge in [-0.15, -0.1) is 0 Å². The van der Waals surface area contributed by atoms with Gasteiger partial charge in [-0.1, -0.05) is 15.9 Å². The van der Waals surface area contributed by atoms with Crippen molar-refractivity contribution in [2.45, 2.75) is 23.9 Å². The average molecular weight is 585 g/mol. The molecule has 0 unspecified atom stereocenters. The fourth-order valence-corrected chi connectivity index (χ4v) is 2.33. The van der Waals surface area contributed by atoms with E-state index in [-0.39, 0.29) is 5.56 Å². The maximum atomic E-state index is 13.4. The molecular weight excluding hydrogens is 578 g/mol. The van der Waals surface area contributed by atoms with E-state index in [2.05, 4.69) is 20.7 Å². The molecule has 0 fully saturated rings. The molecule has 2 nitrogen and oxygen atoms in total. The van der Waals surface area contributed by atoms with Crippen LogP contribution in [0.15, 0.2) is 38.4 Å². The molecule has 13 heteroatoms. The predicted molar refractivity (Wildman–Crippen MR) is 87.4 cm³/mol. The number of hydrogen-bond acceptors (Lipinski definition) is 2. The highest BCUT2D eigenvalue weighted by Crippen LogP contribution is 2.53. The monoisotopic (exact) mass is 584 g/mol. The second kappa shape index (κ2) is 8.17. The molecule has 0 aliphatic carbocycles. The average Bonchev–Trinajstić information content (AvgIpc) is 2.51. The summed E-state index contributed by atoms with van der Waals surface area (Å²) in [5.41, 5.74) is -0.0388. The van der Waals surface area contributed by atoms with Crippen molar-refractivity contribution in [3.63, 3.8) is 0 Å². The lowest BCUT2D eigenvalue weighted by Gasteiger charge is -2.32. The van der Waals surface area contributed by atoms with E-state index in [0.29, 0.717) is 4.47 Å². The molecule has 1 aromatic carbocycles.